The van der Waals surface area contributed by atoms with E-state index in [4.69, 9.17) is 11.6 Å². The number of carbonyl (C=O) groups excluding carboxylic acids is 2. The molecule has 2 amide bonds. The van der Waals surface area contributed by atoms with Gasteiger partial charge >= 0.3 is 0 Å². The fraction of sp³-hybridized carbons (Fsp3) is 0.733. The second-order valence-electron chi connectivity index (χ2n) is 4.66. The van der Waals surface area contributed by atoms with Crippen molar-refractivity contribution < 1.29 is 9.59 Å². The Labute approximate surface area is 147 Å². The van der Waals surface area contributed by atoms with E-state index in [9.17, 15) is 9.59 Å². The second-order valence-corrected chi connectivity index (χ2v) is 5.49. The summed E-state index contributed by atoms with van der Waals surface area (Å²) < 4.78 is 0. The molecule has 0 aromatic rings. The molecule has 0 aromatic carbocycles. The van der Waals surface area contributed by atoms with Gasteiger partial charge in [-0.15, -0.1) is 11.6 Å². The highest BCUT2D eigenvalue weighted by Crippen LogP contribution is 1.99. The van der Waals surface area contributed by atoms with Crippen LogP contribution >= 0.6 is 27.5 Å². The predicted octanol–water partition coefficient (Wildman–Crippen LogP) is 2.54. The van der Waals surface area contributed by atoms with Crippen LogP contribution in [0.3, 0.4) is 0 Å². The van der Waals surface area contributed by atoms with Crippen LogP contribution in [-0.4, -0.2) is 42.2 Å². The molecule has 0 radical (unpaired) electrons. The fourth-order valence-electron chi connectivity index (χ4n) is 1.42. The molecule has 0 heterocycles. The number of likely N-dealkylation sites (N-methyl/N-ethyl adjacent to an activating group) is 1. The van der Waals surface area contributed by atoms with Crippen LogP contribution in [0.5, 0.6) is 0 Å². The lowest BCUT2D eigenvalue weighted by Gasteiger charge is -2.17. The molecule has 1 unspecified atom stereocenters. The monoisotopic (exact) mass is 397 g/mol. The van der Waals surface area contributed by atoms with E-state index in [1.165, 1.54) is 6.42 Å². The third kappa shape index (κ3) is 14.2. The van der Waals surface area contributed by atoms with Crippen LogP contribution in [0.25, 0.3) is 0 Å². The smallest absolute Gasteiger partial charge is 0.242 e. The highest BCUT2D eigenvalue weighted by Gasteiger charge is 2.19. The second kappa shape index (κ2) is 16.6. The zero-order valence-electron chi connectivity index (χ0n) is 13.8. The molecule has 0 fully saturated rings. The molecular formula is C15H29BrClN3O2. The van der Waals surface area contributed by atoms with Gasteiger partial charge in [-0.3, -0.25) is 9.59 Å². The third-order valence-electron chi connectivity index (χ3n) is 2.33. The molecule has 0 rings (SSSR count). The van der Waals surface area contributed by atoms with Crippen molar-refractivity contribution in [3.05, 3.63) is 12.3 Å². The first-order chi connectivity index (χ1) is 10.5. The van der Waals surface area contributed by atoms with Crippen molar-refractivity contribution in [2.45, 2.75) is 46.1 Å². The van der Waals surface area contributed by atoms with Crippen molar-refractivity contribution in [1.29, 1.82) is 0 Å². The largest absolute Gasteiger partial charge is 0.388 e. The number of carbonyl (C=O) groups is 2. The van der Waals surface area contributed by atoms with Gasteiger partial charge in [-0.1, -0.05) is 42.8 Å². The quantitative estimate of drug-likeness (QED) is 0.391. The Balaban J connectivity index is 0. The van der Waals surface area contributed by atoms with Crippen molar-refractivity contribution in [2.75, 3.05) is 24.3 Å². The van der Waals surface area contributed by atoms with E-state index >= 15 is 0 Å². The number of amides is 2. The fourth-order valence-corrected chi connectivity index (χ4v) is 1.69. The Bertz CT molecular complexity index is 328. The van der Waals surface area contributed by atoms with Gasteiger partial charge in [-0.2, -0.15) is 0 Å². The summed E-state index contributed by atoms with van der Waals surface area (Å²) in [5.74, 6) is -0.662. The normalized spacial score (nSPS) is 10.8. The first-order valence-electron chi connectivity index (χ1n) is 7.57. The highest BCUT2D eigenvalue weighted by atomic mass is 79.9. The van der Waals surface area contributed by atoms with E-state index in [1.807, 2.05) is 6.92 Å². The summed E-state index contributed by atoms with van der Waals surface area (Å²) in [6.07, 6.45) is 2.55. The molecule has 22 heavy (non-hydrogen) atoms. The lowest BCUT2D eigenvalue weighted by atomic mass is 10.1. The van der Waals surface area contributed by atoms with Crippen LogP contribution in [0.2, 0.25) is 0 Å². The van der Waals surface area contributed by atoms with Crippen LogP contribution in [0.15, 0.2) is 12.3 Å². The van der Waals surface area contributed by atoms with Crippen molar-refractivity contribution in [3.63, 3.8) is 0 Å². The van der Waals surface area contributed by atoms with Gasteiger partial charge in [-0.25, -0.2) is 0 Å². The number of alkyl halides is 2. The van der Waals surface area contributed by atoms with E-state index in [-0.39, 0.29) is 17.7 Å². The summed E-state index contributed by atoms with van der Waals surface area (Å²) in [5.41, 5.74) is 0.888. The Kier molecular flexibility index (Phi) is 17.8. The van der Waals surface area contributed by atoms with Gasteiger partial charge in [0.25, 0.3) is 0 Å². The zero-order valence-corrected chi connectivity index (χ0v) is 16.1. The van der Waals surface area contributed by atoms with Gasteiger partial charge in [0, 0.05) is 24.1 Å². The van der Waals surface area contributed by atoms with Crippen LogP contribution in [0.1, 0.15) is 40.0 Å². The summed E-state index contributed by atoms with van der Waals surface area (Å²) in [6, 6.07) is -0.537. The lowest BCUT2D eigenvalue weighted by molar-refractivity contribution is -0.128. The van der Waals surface area contributed by atoms with Crippen LogP contribution in [0, 0.1) is 0 Å². The Morgan fingerprint density at radius 2 is 1.82 bits per heavy atom. The van der Waals surface area contributed by atoms with Crippen molar-refractivity contribution in [2.24, 2.45) is 0 Å². The zero-order chi connectivity index (χ0) is 17.4. The standard InChI is InChI=1S/C12H21BrClN3O2.C3H8/c1-3-15-12(19)10(17-11(18)8-14)5-4-6-16-9(2)7-13;1-3-2/h10,16H,2-8H2,1H3,(H,15,19)(H,17,18);3H2,1-2H3. The minimum Gasteiger partial charge on any atom is -0.388 e. The lowest BCUT2D eigenvalue weighted by Crippen LogP contribution is -2.47. The summed E-state index contributed by atoms with van der Waals surface area (Å²) >= 11 is 8.71. The van der Waals surface area contributed by atoms with Gasteiger partial charge in [0.05, 0.1) is 0 Å². The molecule has 0 aliphatic heterocycles. The van der Waals surface area contributed by atoms with Crippen molar-refractivity contribution in [1.82, 2.24) is 16.0 Å². The number of nitrogens with one attached hydrogen (secondary N) is 3. The van der Waals surface area contributed by atoms with Crippen LogP contribution in [-0.2, 0) is 9.59 Å². The number of hydrogen-bond donors (Lipinski definition) is 3. The van der Waals surface area contributed by atoms with Crippen LogP contribution in [0.4, 0.5) is 0 Å². The third-order valence-corrected chi connectivity index (χ3v) is 3.25. The summed E-state index contributed by atoms with van der Waals surface area (Å²) in [6.45, 7) is 11.1. The molecule has 0 aliphatic rings. The molecule has 1 atom stereocenters. The minimum absolute atomic E-state index is 0.144. The summed E-state index contributed by atoms with van der Waals surface area (Å²) in [5, 5.41) is 9.11. The molecular weight excluding hydrogens is 370 g/mol. The van der Waals surface area contributed by atoms with Gasteiger partial charge in [0.1, 0.15) is 11.9 Å². The molecule has 7 heteroatoms. The first-order valence-corrected chi connectivity index (χ1v) is 9.22. The van der Waals surface area contributed by atoms with Gasteiger partial charge in [0.15, 0.2) is 0 Å². The maximum absolute atomic E-state index is 11.8. The van der Waals surface area contributed by atoms with Crippen molar-refractivity contribution >= 4 is 39.3 Å². The molecule has 0 bridgehead atoms. The molecule has 0 aliphatic carbocycles. The van der Waals surface area contributed by atoms with E-state index in [0.717, 1.165) is 12.1 Å². The van der Waals surface area contributed by atoms with E-state index in [1.54, 1.807) is 0 Å². The van der Waals surface area contributed by atoms with E-state index < -0.39 is 6.04 Å². The van der Waals surface area contributed by atoms with Gasteiger partial charge < -0.3 is 16.0 Å². The predicted molar refractivity (Wildman–Crippen MR) is 97.5 cm³/mol. The number of rotatable bonds is 10. The Morgan fingerprint density at radius 1 is 1.23 bits per heavy atom. The molecule has 5 nitrogen and oxygen atoms in total. The topological polar surface area (TPSA) is 70.2 Å². The Hall–Kier alpha value is -0.750. The molecule has 0 saturated heterocycles. The average molecular weight is 399 g/mol. The number of hydrogen-bond acceptors (Lipinski definition) is 3. The van der Waals surface area contributed by atoms with E-state index in [2.05, 4.69) is 52.3 Å². The SMILES string of the molecule is C=C(CBr)NCCCC(NC(=O)CCl)C(=O)NCC.CCC. The van der Waals surface area contributed by atoms with Crippen molar-refractivity contribution in [3.8, 4) is 0 Å². The highest BCUT2D eigenvalue weighted by molar-refractivity contribution is 9.09. The average Bonchev–Trinajstić information content (AvgIpc) is 2.50. The maximum atomic E-state index is 11.8. The van der Waals surface area contributed by atoms with Gasteiger partial charge in [-0.05, 0) is 19.8 Å². The van der Waals surface area contributed by atoms with Crippen LogP contribution < -0.4 is 16.0 Å². The van der Waals surface area contributed by atoms with Gasteiger partial charge in [0.2, 0.25) is 11.8 Å². The molecule has 130 valence electrons. The molecule has 3 N–H and O–H groups in total. The minimum atomic E-state index is -0.537. The van der Waals surface area contributed by atoms with E-state index in [0.29, 0.717) is 24.8 Å². The number of halogens is 2. The molecule has 0 saturated carbocycles. The summed E-state index contributed by atoms with van der Waals surface area (Å²) in [7, 11) is 0. The first kappa shape index (κ1) is 23.5. The molecule has 0 aromatic heterocycles. The Morgan fingerprint density at radius 3 is 2.27 bits per heavy atom. The number of allylic oxidation sites excluding steroid dienone is 1. The maximum Gasteiger partial charge on any atom is 0.242 e. The molecule has 0 spiro atoms. The summed E-state index contributed by atoms with van der Waals surface area (Å²) in [4.78, 5) is 23.0.